The minimum atomic E-state index is -0.615. The number of anilines is 1. The van der Waals surface area contributed by atoms with Crippen LogP contribution >= 0.6 is 11.6 Å². The molecule has 1 amide bonds. The van der Waals surface area contributed by atoms with Crippen LogP contribution in [0.2, 0.25) is 5.02 Å². The first-order valence-electron chi connectivity index (χ1n) is 7.72. The fourth-order valence-corrected chi connectivity index (χ4v) is 2.46. The summed E-state index contributed by atoms with van der Waals surface area (Å²) in [5, 5.41) is 25.2. The van der Waals surface area contributed by atoms with Crippen molar-refractivity contribution < 1.29 is 9.90 Å². The summed E-state index contributed by atoms with van der Waals surface area (Å²) in [6.07, 6.45) is 0.487. The molecule has 0 unspecified atom stereocenters. The van der Waals surface area contributed by atoms with Crippen molar-refractivity contribution in [2.45, 2.75) is 19.4 Å². The average molecular weight is 358 g/mol. The van der Waals surface area contributed by atoms with Gasteiger partial charge in [-0.25, -0.2) is 0 Å². The maximum atomic E-state index is 12.5. The Hall–Kier alpha value is -2.93. The van der Waals surface area contributed by atoms with E-state index in [0.717, 1.165) is 5.56 Å². The van der Waals surface area contributed by atoms with Crippen molar-refractivity contribution in [2.24, 2.45) is 0 Å². The predicted molar refractivity (Wildman–Crippen MR) is 94.3 cm³/mol. The van der Waals surface area contributed by atoms with Gasteiger partial charge in [-0.1, -0.05) is 24.6 Å². The lowest BCUT2D eigenvalue weighted by molar-refractivity contribution is -0.119. The summed E-state index contributed by atoms with van der Waals surface area (Å²) in [5.74, 6) is 0.211. The van der Waals surface area contributed by atoms with Crippen molar-refractivity contribution in [1.82, 2.24) is 20.2 Å². The zero-order valence-corrected chi connectivity index (χ0v) is 14.2. The molecule has 2 aromatic carbocycles. The molecule has 0 spiro atoms. The van der Waals surface area contributed by atoms with Gasteiger partial charge in [-0.05, 0) is 48.0 Å². The number of benzene rings is 2. The molecule has 0 aliphatic rings. The highest BCUT2D eigenvalue weighted by molar-refractivity contribution is 6.30. The second kappa shape index (κ2) is 7.31. The predicted octanol–water partition coefficient (Wildman–Crippen LogP) is 3.29. The Morgan fingerprint density at radius 2 is 2.04 bits per heavy atom. The molecular weight excluding hydrogens is 342 g/mol. The highest BCUT2D eigenvalue weighted by atomic mass is 35.5. The van der Waals surface area contributed by atoms with Crippen LogP contribution in [0.4, 0.5) is 5.69 Å². The van der Waals surface area contributed by atoms with Crippen LogP contribution in [0.5, 0.6) is 5.75 Å². The van der Waals surface area contributed by atoms with Gasteiger partial charge in [0.05, 0.1) is 0 Å². The van der Waals surface area contributed by atoms with Gasteiger partial charge in [0.1, 0.15) is 5.75 Å². The van der Waals surface area contributed by atoms with Gasteiger partial charge in [0.15, 0.2) is 6.04 Å². The highest BCUT2D eigenvalue weighted by Crippen LogP contribution is 2.20. The van der Waals surface area contributed by atoms with Gasteiger partial charge in [-0.2, -0.15) is 4.80 Å². The minimum absolute atomic E-state index is 0.0785. The molecule has 1 atom stereocenters. The van der Waals surface area contributed by atoms with E-state index in [1.165, 1.54) is 16.9 Å². The Bertz CT molecular complexity index is 879. The number of phenols is 1. The van der Waals surface area contributed by atoms with Crippen LogP contribution in [0.3, 0.4) is 0 Å². The normalized spacial score (nSPS) is 11.9. The maximum absolute atomic E-state index is 12.5. The summed E-state index contributed by atoms with van der Waals surface area (Å²) < 4.78 is 0. The van der Waals surface area contributed by atoms with E-state index < -0.39 is 6.04 Å². The van der Waals surface area contributed by atoms with Crippen molar-refractivity contribution in [3.05, 3.63) is 53.6 Å². The summed E-state index contributed by atoms with van der Waals surface area (Å²) in [6.45, 7) is 1.86. The number of hydrogen-bond donors (Lipinski definition) is 2. The maximum Gasteiger partial charge on any atom is 0.251 e. The lowest BCUT2D eigenvalue weighted by Crippen LogP contribution is -2.27. The number of nitrogens with zero attached hydrogens (tertiary/aromatic N) is 4. The molecule has 0 aliphatic heterocycles. The Labute approximate surface area is 149 Å². The lowest BCUT2D eigenvalue weighted by Gasteiger charge is -2.13. The van der Waals surface area contributed by atoms with Gasteiger partial charge in [0, 0.05) is 22.3 Å². The lowest BCUT2D eigenvalue weighted by atomic mass is 10.2. The van der Waals surface area contributed by atoms with Gasteiger partial charge < -0.3 is 10.4 Å². The molecule has 3 rings (SSSR count). The van der Waals surface area contributed by atoms with Crippen LogP contribution in [-0.4, -0.2) is 31.2 Å². The first kappa shape index (κ1) is 16.9. The van der Waals surface area contributed by atoms with E-state index in [1.807, 2.05) is 6.92 Å². The number of rotatable bonds is 5. The second-order valence-electron chi connectivity index (χ2n) is 5.40. The second-order valence-corrected chi connectivity index (χ2v) is 5.84. The quantitative estimate of drug-likeness (QED) is 0.730. The summed E-state index contributed by atoms with van der Waals surface area (Å²) >= 11 is 5.87. The Balaban J connectivity index is 1.79. The van der Waals surface area contributed by atoms with Gasteiger partial charge in [-0.3, -0.25) is 4.79 Å². The zero-order valence-electron chi connectivity index (χ0n) is 13.4. The number of amides is 1. The molecular formula is C17H16ClN5O2. The molecule has 1 aromatic heterocycles. The molecule has 8 heteroatoms. The number of aromatic nitrogens is 4. The smallest absolute Gasteiger partial charge is 0.251 e. The van der Waals surface area contributed by atoms with E-state index >= 15 is 0 Å². The van der Waals surface area contributed by atoms with Crippen molar-refractivity contribution >= 4 is 23.2 Å². The van der Waals surface area contributed by atoms with Crippen LogP contribution in [0.15, 0.2) is 48.5 Å². The number of tetrazole rings is 1. The molecule has 25 heavy (non-hydrogen) atoms. The monoisotopic (exact) mass is 357 g/mol. The van der Waals surface area contributed by atoms with E-state index in [-0.39, 0.29) is 11.7 Å². The van der Waals surface area contributed by atoms with Crippen molar-refractivity contribution in [1.29, 1.82) is 0 Å². The fraction of sp³-hybridized carbons (Fsp3) is 0.176. The third-order valence-corrected chi connectivity index (χ3v) is 3.86. The molecule has 0 radical (unpaired) electrons. The van der Waals surface area contributed by atoms with Crippen LogP contribution in [0, 0.1) is 0 Å². The van der Waals surface area contributed by atoms with Gasteiger partial charge in [0.25, 0.3) is 5.91 Å². The molecule has 0 bridgehead atoms. The van der Waals surface area contributed by atoms with Gasteiger partial charge >= 0.3 is 0 Å². The molecule has 0 saturated heterocycles. The van der Waals surface area contributed by atoms with Gasteiger partial charge in [0.2, 0.25) is 5.82 Å². The number of carbonyl (C=O) groups excluding carboxylic acids is 1. The molecule has 0 fully saturated rings. The van der Waals surface area contributed by atoms with E-state index in [2.05, 4.69) is 20.7 Å². The number of aromatic hydroxyl groups is 1. The highest BCUT2D eigenvalue weighted by Gasteiger charge is 2.22. The van der Waals surface area contributed by atoms with Crippen LogP contribution < -0.4 is 5.32 Å². The number of phenolic OH excluding ortho intramolecular Hbond substituents is 1. The first-order chi connectivity index (χ1) is 12.1. The zero-order chi connectivity index (χ0) is 17.8. The van der Waals surface area contributed by atoms with E-state index in [0.29, 0.717) is 23.0 Å². The third kappa shape index (κ3) is 3.95. The Kier molecular flexibility index (Phi) is 4.95. The molecule has 3 aromatic rings. The molecule has 128 valence electrons. The van der Waals surface area contributed by atoms with E-state index in [9.17, 15) is 9.90 Å². The standard InChI is InChI=1S/C17H16ClN5O2/c1-2-15(17(25)19-13-4-3-5-14(24)10-13)23-21-16(20-22-23)11-6-8-12(18)9-7-11/h3-10,15,24H,2H2,1H3,(H,19,25)/t15-/m1/s1. The van der Waals surface area contributed by atoms with Crippen LogP contribution in [-0.2, 0) is 4.79 Å². The molecule has 1 heterocycles. The SMILES string of the molecule is CC[C@H](C(=O)Nc1cccc(O)c1)n1nnc(-c2ccc(Cl)cc2)n1. The largest absolute Gasteiger partial charge is 0.508 e. The topological polar surface area (TPSA) is 92.9 Å². The van der Waals surface area contributed by atoms with Crippen molar-refractivity contribution in [2.75, 3.05) is 5.32 Å². The van der Waals surface area contributed by atoms with Gasteiger partial charge in [-0.15, -0.1) is 10.2 Å². The molecule has 0 saturated carbocycles. The summed E-state index contributed by atoms with van der Waals surface area (Å²) in [4.78, 5) is 13.8. The van der Waals surface area contributed by atoms with E-state index in [4.69, 9.17) is 11.6 Å². The van der Waals surface area contributed by atoms with Crippen LogP contribution in [0.25, 0.3) is 11.4 Å². The fourth-order valence-electron chi connectivity index (χ4n) is 2.33. The van der Waals surface area contributed by atoms with Crippen LogP contribution in [0.1, 0.15) is 19.4 Å². The summed E-state index contributed by atoms with van der Waals surface area (Å²) in [5.41, 5.74) is 1.26. The average Bonchev–Trinajstić information content (AvgIpc) is 3.06. The summed E-state index contributed by atoms with van der Waals surface area (Å²) in [6, 6.07) is 12.8. The third-order valence-electron chi connectivity index (χ3n) is 3.61. The Morgan fingerprint density at radius 3 is 2.72 bits per heavy atom. The molecule has 2 N–H and O–H groups in total. The molecule has 0 aliphatic carbocycles. The number of carbonyl (C=O) groups is 1. The van der Waals surface area contributed by atoms with E-state index in [1.54, 1.807) is 36.4 Å². The number of nitrogens with one attached hydrogen (secondary N) is 1. The number of halogens is 1. The van der Waals surface area contributed by atoms with Crippen molar-refractivity contribution in [3.63, 3.8) is 0 Å². The summed E-state index contributed by atoms with van der Waals surface area (Å²) in [7, 11) is 0. The van der Waals surface area contributed by atoms with Crippen molar-refractivity contribution in [3.8, 4) is 17.1 Å². The Morgan fingerprint density at radius 1 is 1.28 bits per heavy atom. The minimum Gasteiger partial charge on any atom is -0.508 e. The first-order valence-corrected chi connectivity index (χ1v) is 8.10. The number of hydrogen-bond acceptors (Lipinski definition) is 5. The molecule has 7 nitrogen and oxygen atoms in total.